The van der Waals surface area contributed by atoms with Crippen LogP contribution in [0.15, 0.2) is 24.4 Å². The van der Waals surface area contributed by atoms with E-state index in [1.807, 2.05) is 34.7 Å². The number of hydrogen-bond acceptors (Lipinski definition) is 7. The van der Waals surface area contributed by atoms with Crippen molar-refractivity contribution in [1.29, 1.82) is 10.5 Å². The Morgan fingerprint density at radius 2 is 2.10 bits per heavy atom. The smallest absolute Gasteiger partial charge is 0.323 e. The van der Waals surface area contributed by atoms with Crippen LogP contribution >= 0.6 is 22.6 Å². The van der Waals surface area contributed by atoms with E-state index in [-0.39, 0.29) is 28.7 Å². The summed E-state index contributed by atoms with van der Waals surface area (Å²) < 4.78 is 5.68. The fourth-order valence-electron chi connectivity index (χ4n) is 1.42. The van der Waals surface area contributed by atoms with Crippen LogP contribution in [0.3, 0.4) is 0 Å². The number of nitriles is 2. The number of nitrogens with zero attached hydrogens (tertiary/aromatic N) is 5. The van der Waals surface area contributed by atoms with Crippen molar-refractivity contribution in [3.8, 4) is 23.9 Å². The largest absolute Gasteiger partial charge is 0.416 e. The Morgan fingerprint density at radius 3 is 2.71 bits per heavy atom. The standard InChI is InChI=1S/C12H4IN5O3/c13-9-3-7(5-14)4-10(18(19)20)11(9)21-12-16-2-1-8(6-15)17-12/h1-4H. The third-order valence-corrected chi connectivity index (χ3v) is 3.09. The lowest BCUT2D eigenvalue weighted by molar-refractivity contribution is -0.385. The highest BCUT2D eigenvalue weighted by atomic mass is 127. The minimum absolute atomic E-state index is 0.0744. The van der Waals surface area contributed by atoms with Crippen LogP contribution in [0.2, 0.25) is 0 Å². The molecule has 0 bridgehead atoms. The van der Waals surface area contributed by atoms with Crippen LogP contribution < -0.4 is 4.74 Å². The molecule has 0 aliphatic rings. The van der Waals surface area contributed by atoms with Gasteiger partial charge in [-0.3, -0.25) is 10.1 Å². The molecule has 0 spiro atoms. The van der Waals surface area contributed by atoms with Gasteiger partial charge in [-0.1, -0.05) is 0 Å². The second-order valence-electron chi connectivity index (χ2n) is 3.61. The molecule has 0 atom stereocenters. The van der Waals surface area contributed by atoms with Crippen LogP contribution in [0.4, 0.5) is 5.69 Å². The fraction of sp³-hybridized carbons (Fsp3) is 0. The van der Waals surface area contributed by atoms with Gasteiger partial charge in [0.1, 0.15) is 11.8 Å². The average Bonchev–Trinajstić information content (AvgIpc) is 2.49. The molecule has 0 fully saturated rings. The van der Waals surface area contributed by atoms with Gasteiger partial charge in [0, 0.05) is 12.3 Å². The second-order valence-corrected chi connectivity index (χ2v) is 4.78. The molecule has 0 unspecified atom stereocenters. The number of nitro benzene ring substituents is 1. The maximum atomic E-state index is 11.1. The molecule has 9 heteroatoms. The van der Waals surface area contributed by atoms with Crippen LogP contribution in [0.5, 0.6) is 11.8 Å². The Hall–Kier alpha value is -2.79. The van der Waals surface area contributed by atoms with Crippen LogP contribution in [-0.2, 0) is 0 Å². The number of halogens is 1. The van der Waals surface area contributed by atoms with Gasteiger partial charge in [-0.05, 0) is 34.7 Å². The fourth-order valence-corrected chi connectivity index (χ4v) is 2.15. The molecule has 8 nitrogen and oxygen atoms in total. The van der Waals surface area contributed by atoms with Crippen molar-refractivity contribution in [2.75, 3.05) is 0 Å². The van der Waals surface area contributed by atoms with E-state index in [1.54, 1.807) is 0 Å². The van der Waals surface area contributed by atoms with Crippen LogP contribution in [-0.4, -0.2) is 14.9 Å². The van der Waals surface area contributed by atoms with Crippen LogP contribution in [0.25, 0.3) is 0 Å². The van der Waals surface area contributed by atoms with Gasteiger partial charge >= 0.3 is 11.7 Å². The summed E-state index contributed by atoms with van der Waals surface area (Å²) in [4.78, 5) is 18.0. The lowest BCUT2D eigenvalue weighted by atomic mass is 10.2. The van der Waals surface area contributed by atoms with E-state index >= 15 is 0 Å². The normalized spacial score (nSPS) is 9.48. The van der Waals surface area contributed by atoms with Gasteiger partial charge in [0.2, 0.25) is 5.75 Å². The maximum absolute atomic E-state index is 11.1. The van der Waals surface area contributed by atoms with Gasteiger partial charge < -0.3 is 4.74 Å². The molecule has 0 saturated carbocycles. The maximum Gasteiger partial charge on any atom is 0.323 e. The highest BCUT2D eigenvalue weighted by Gasteiger charge is 2.22. The summed E-state index contributed by atoms with van der Waals surface area (Å²) in [6.45, 7) is 0. The van der Waals surface area contributed by atoms with Crippen LogP contribution in [0, 0.1) is 36.3 Å². The lowest BCUT2D eigenvalue weighted by Gasteiger charge is -2.07. The van der Waals surface area contributed by atoms with E-state index in [2.05, 4.69) is 9.97 Å². The first-order chi connectivity index (χ1) is 10.0. The number of hydrogen-bond donors (Lipinski definition) is 0. The van der Waals surface area contributed by atoms with Crippen molar-refractivity contribution >= 4 is 28.3 Å². The molecule has 2 aromatic rings. The number of nitro groups is 1. The molecule has 0 amide bonds. The van der Waals surface area contributed by atoms with Crippen molar-refractivity contribution in [2.45, 2.75) is 0 Å². The summed E-state index contributed by atoms with van der Waals surface area (Å²) in [5.74, 6) is -0.0744. The molecule has 0 N–H and O–H groups in total. The Kier molecular flexibility index (Phi) is 4.25. The SMILES string of the molecule is N#Cc1cc(I)c(Oc2nccc(C#N)n2)c([N+](=O)[O-])c1. The zero-order valence-electron chi connectivity index (χ0n) is 10.1. The highest BCUT2D eigenvalue weighted by Crippen LogP contribution is 2.35. The molecule has 0 saturated heterocycles. The Balaban J connectivity index is 2.51. The van der Waals surface area contributed by atoms with Gasteiger partial charge in [0.05, 0.1) is 20.1 Å². The number of rotatable bonds is 3. The number of aromatic nitrogens is 2. The zero-order chi connectivity index (χ0) is 15.4. The molecule has 1 heterocycles. The molecule has 0 aliphatic heterocycles. The molecular weight excluding hydrogens is 389 g/mol. The molecule has 21 heavy (non-hydrogen) atoms. The summed E-state index contributed by atoms with van der Waals surface area (Å²) in [7, 11) is 0. The summed E-state index contributed by atoms with van der Waals surface area (Å²) in [6.07, 6.45) is 1.31. The Labute approximate surface area is 131 Å². The van der Waals surface area contributed by atoms with E-state index in [9.17, 15) is 10.1 Å². The van der Waals surface area contributed by atoms with E-state index in [1.165, 1.54) is 18.3 Å². The van der Waals surface area contributed by atoms with Crippen molar-refractivity contribution < 1.29 is 9.66 Å². The lowest BCUT2D eigenvalue weighted by Crippen LogP contribution is -2.00. The minimum Gasteiger partial charge on any atom is -0.416 e. The third-order valence-electron chi connectivity index (χ3n) is 2.29. The monoisotopic (exact) mass is 393 g/mol. The van der Waals surface area contributed by atoms with E-state index in [4.69, 9.17) is 15.3 Å². The predicted octanol–water partition coefficient (Wildman–Crippen LogP) is 2.53. The summed E-state index contributed by atoms with van der Waals surface area (Å²) in [5, 5.41) is 28.7. The summed E-state index contributed by atoms with van der Waals surface area (Å²) in [6, 6.07) is 7.39. The third kappa shape index (κ3) is 3.21. The van der Waals surface area contributed by atoms with Crippen molar-refractivity contribution in [3.05, 3.63) is 49.3 Å². The highest BCUT2D eigenvalue weighted by molar-refractivity contribution is 14.1. The van der Waals surface area contributed by atoms with Crippen molar-refractivity contribution in [1.82, 2.24) is 9.97 Å². The number of benzene rings is 1. The second kappa shape index (κ2) is 6.11. The van der Waals surface area contributed by atoms with Crippen molar-refractivity contribution in [2.24, 2.45) is 0 Å². The summed E-state index contributed by atoms with van der Waals surface area (Å²) in [5.41, 5.74) is -0.152. The zero-order valence-corrected chi connectivity index (χ0v) is 12.3. The molecule has 1 aromatic heterocycles. The van der Waals surface area contributed by atoms with E-state index in [0.29, 0.717) is 3.57 Å². The van der Waals surface area contributed by atoms with Gasteiger partial charge in [0.15, 0.2) is 0 Å². The Bertz CT molecular complexity index is 810. The average molecular weight is 393 g/mol. The quantitative estimate of drug-likeness (QED) is 0.446. The molecule has 2 rings (SSSR count). The first-order valence-corrected chi connectivity index (χ1v) is 6.42. The molecule has 0 radical (unpaired) electrons. The molecule has 0 aliphatic carbocycles. The predicted molar refractivity (Wildman–Crippen MR) is 77.3 cm³/mol. The minimum atomic E-state index is -0.660. The Morgan fingerprint density at radius 1 is 1.33 bits per heavy atom. The molecule has 1 aromatic carbocycles. The first-order valence-electron chi connectivity index (χ1n) is 5.34. The first kappa shape index (κ1) is 14.6. The van der Waals surface area contributed by atoms with Gasteiger partial charge in [-0.2, -0.15) is 15.5 Å². The molecule has 102 valence electrons. The van der Waals surface area contributed by atoms with Crippen molar-refractivity contribution in [3.63, 3.8) is 0 Å². The van der Waals surface area contributed by atoms with Gasteiger partial charge in [0.25, 0.3) is 0 Å². The van der Waals surface area contributed by atoms with Gasteiger partial charge in [-0.15, -0.1) is 0 Å². The summed E-state index contributed by atoms with van der Waals surface area (Å²) >= 11 is 1.81. The van der Waals surface area contributed by atoms with E-state index in [0.717, 1.165) is 6.07 Å². The van der Waals surface area contributed by atoms with Crippen LogP contribution in [0.1, 0.15) is 11.3 Å². The van der Waals surface area contributed by atoms with Gasteiger partial charge in [-0.25, -0.2) is 4.98 Å². The van der Waals surface area contributed by atoms with E-state index < -0.39 is 4.92 Å². The number of ether oxygens (including phenoxy) is 1. The topological polar surface area (TPSA) is 126 Å². The molecular formula is C12H4IN5O3.